The van der Waals surface area contributed by atoms with Crippen LogP contribution in [0.4, 0.5) is 14.9 Å². The van der Waals surface area contributed by atoms with Gasteiger partial charge in [0.1, 0.15) is 22.7 Å². The highest BCUT2D eigenvalue weighted by Gasteiger charge is 2.17. The Morgan fingerprint density at radius 2 is 1.75 bits per heavy atom. The van der Waals surface area contributed by atoms with Gasteiger partial charge in [0.2, 0.25) is 0 Å². The molecule has 0 saturated heterocycles. The summed E-state index contributed by atoms with van der Waals surface area (Å²) < 4.78 is 24.9. The van der Waals surface area contributed by atoms with Crippen molar-refractivity contribution < 1.29 is 28.2 Å². The molecule has 1 aromatic carbocycles. The number of hydrogen-bond donors (Lipinski definition) is 2. The Morgan fingerprint density at radius 3 is 2.29 bits per heavy atom. The zero-order valence-corrected chi connectivity index (χ0v) is 15.8. The van der Waals surface area contributed by atoms with E-state index in [0.717, 1.165) is 6.07 Å². The van der Waals surface area contributed by atoms with Gasteiger partial charge in [-0.1, -0.05) is 0 Å². The first-order valence-corrected chi connectivity index (χ1v) is 8.25. The van der Waals surface area contributed by atoms with Crippen molar-refractivity contribution in [2.24, 2.45) is 5.73 Å². The monoisotopic (exact) mass is 389 g/mol. The lowest BCUT2D eigenvalue weighted by Crippen LogP contribution is -2.27. The summed E-state index contributed by atoms with van der Waals surface area (Å²) in [4.78, 5) is 38.5. The van der Waals surface area contributed by atoms with Gasteiger partial charge in [0.15, 0.2) is 17.3 Å². The summed E-state index contributed by atoms with van der Waals surface area (Å²) in [5.41, 5.74) is 4.42. The molecule has 0 aliphatic rings. The summed E-state index contributed by atoms with van der Waals surface area (Å²) in [6, 6.07) is 6.19. The molecule has 0 aliphatic carbocycles. The number of nitrogens with two attached hydrogens (primary N) is 1. The molecule has 0 saturated carbocycles. The van der Waals surface area contributed by atoms with Crippen molar-refractivity contribution in [1.29, 1.82) is 0 Å². The summed E-state index contributed by atoms with van der Waals surface area (Å²) in [6.07, 6.45) is -0.730. The molecule has 2 rings (SSSR count). The Balaban J connectivity index is 2.22. The molecule has 2 amide bonds. The minimum Gasteiger partial charge on any atom is -0.454 e. The maximum absolute atomic E-state index is 14.4. The largest absolute Gasteiger partial charge is 0.454 e. The van der Waals surface area contributed by atoms with Crippen LogP contribution in [0.2, 0.25) is 0 Å². The molecular weight excluding hydrogens is 369 g/mol. The molecule has 148 valence electrons. The Hall–Kier alpha value is -3.49. The molecule has 0 atom stereocenters. The van der Waals surface area contributed by atoms with E-state index in [9.17, 15) is 18.8 Å². The predicted molar refractivity (Wildman–Crippen MR) is 99.1 cm³/mol. The fourth-order valence-corrected chi connectivity index (χ4v) is 2.08. The second-order valence-corrected chi connectivity index (χ2v) is 6.87. The molecular formula is C19H20FN3O5. The standard InChI is InChI=1S/C19H20FN3O5/c1-10(24)14-8-12(9-15(23-14)17(21)25)27-16-6-5-11(7-13(16)20)22-18(26)28-19(2,3)4/h5-9H,1-4H3,(H2,21,25)(H,22,26). The van der Waals surface area contributed by atoms with Gasteiger partial charge < -0.3 is 15.2 Å². The summed E-state index contributed by atoms with van der Waals surface area (Å²) in [5.74, 6) is -2.22. The molecule has 0 aliphatic heterocycles. The fourth-order valence-electron chi connectivity index (χ4n) is 2.08. The molecule has 1 heterocycles. The highest BCUT2D eigenvalue weighted by atomic mass is 19.1. The van der Waals surface area contributed by atoms with E-state index in [1.54, 1.807) is 20.8 Å². The number of aromatic nitrogens is 1. The Labute approximate surface area is 160 Å². The minimum atomic E-state index is -0.856. The van der Waals surface area contributed by atoms with Crippen molar-refractivity contribution in [3.05, 3.63) is 47.5 Å². The topological polar surface area (TPSA) is 121 Å². The summed E-state index contributed by atoms with van der Waals surface area (Å²) >= 11 is 0. The van der Waals surface area contributed by atoms with Gasteiger partial charge in [0.05, 0.1) is 0 Å². The number of carbonyl (C=O) groups is 3. The van der Waals surface area contributed by atoms with Crippen molar-refractivity contribution >= 4 is 23.5 Å². The lowest BCUT2D eigenvalue weighted by atomic mass is 10.2. The molecule has 9 heteroatoms. The van der Waals surface area contributed by atoms with Crippen molar-refractivity contribution in [3.8, 4) is 11.5 Å². The number of nitrogens with zero attached hydrogens (tertiary/aromatic N) is 1. The Bertz CT molecular complexity index is 905. The van der Waals surface area contributed by atoms with Gasteiger partial charge >= 0.3 is 6.09 Å². The maximum atomic E-state index is 14.4. The SMILES string of the molecule is CC(=O)c1cc(Oc2ccc(NC(=O)OC(C)(C)C)cc2F)cc(C(N)=O)n1. The molecule has 0 bridgehead atoms. The second-order valence-electron chi connectivity index (χ2n) is 6.87. The van der Waals surface area contributed by atoms with E-state index in [2.05, 4.69) is 10.3 Å². The number of rotatable bonds is 5. The minimum absolute atomic E-state index is 0.0146. The first-order valence-electron chi connectivity index (χ1n) is 8.25. The van der Waals surface area contributed by atoms with E-state index < -0.39 is 29.2 Å². The number of hydrogen-bond acceptors (Lipinski definition) is 6. The number of benzene rings is 1. The molecule has 3 N–H and O–H groups in total. The average molecular weight is 389 g/mol. The van der Waals surface area contributed by atoms with E-state index in [-0.39, 0.29) is 28.6 Å². The summed E-state index contributed by atoms with van der Waals surface area (Å²) in [6.45, 7) is 6.37. The average Bonchev–Trinajstić information content (AvgIpc) is 2.55. The van der Waals surface area contributed by atoms with Crippen LogP contribution in [0.5, 0.6) is 11.5 Å². The van der Waals surface area contributed by atoms with Gasteiger partial charge in [-0.05, 0) is 32.9 Å². The number of halogens is 1. The Kier molecular flexibility index (Phi) is 5.97. The third kappa shape index (κ3) is 5.76. The van der Waals surface area contributed by atoms with Gasteiger partial charge in [-0.2, -0.15) is 0 Å². The van der Waals surface area contributed by atoms with Crippen LogP contribution in [-0.2, 0) is 4.74 Å². The quantitative estimate of drug-likeness (QED) is 0.753. The number of ketones is 1. The highest BCUT2D eigenvalue weighted by Crippen LogP contribution is 2.28. The summed E-state index contributed by atoms with van der Waals surface area (Å²) in [5, 5.41) is 2.41. The lowest BCUT2D eigenvalue weighted by Gasteiger charge is -2.19. The molecule has 0 fully saturated rings. The molecule has 0 unspecified atom stereocenters. The maximum Gasteiger partial charge on any atom is 0.412 e. The number of primary amides is 1. The fraction of sp³-hybridized carbons (Fsp3) is 0.263. The zero-order valence-electron chi connectivity index (χ0n) is 15.8. The van der Waals surface area contributed by atoms with Crippen LogP contribution >= 0.6 is 0 Å². The first kappa shape index (κ1) is 20.8. The van der Waals surface area contributed by atoms with Crippen LogP contribution in [0.1, 0.15) is 48.7 Å². The Morgan fingerprint density at radius 1 is 1.11 bits per heavy atom. The molecule has 1 aromatic heterocycles. The van der Waals surface area contributed by atoms with Crippen LogP contribution in [0.25, 0.3) is 0 Å². The number of carbonyl (C=O) groups excluding carboxylic acids is 3. The second kappa shape index (κ2) is 8.03. The van der Waals surface area contributed by atoms with Crippen molar-refractivity contribution in [2.75, 3.05) is 5.32 Å². The molecule has 8 nitrogen and oxygen atoms in total. The smallest absolute Gasteiger partial charge is 0.412 e. The van der Waals surface area contributed by atoms with E-state index in [1.165, 1.54) is 31.2 Å². The lowest BCUT2D eigenvalue weighted by molar-refractivity contribution is 0.0635. The molecule has 28 heavy (non-hydrogen) atoms. The molecule has 0 radical (unpaired) electrons. The van der Waals surface area contributed by atoms with E-state index in [1.807, 2.05) is 0 Å². The van der Waals surface area contributed by atoms with Crippen molar-refractivity contribution in [2.45, 2.75) is 33.3 Å². The summed E-state index contributed by atoms with van der Waals surface area (Å²) in [7, 11) is 0. The number of pyridine rings is 1. The zero-order chi connectivity index (χ0) is 21.1. The van der Waals surface area contributed by atoms with E-state index >= 15 is 0 Å². The van der Waals surface area contributed by atoms with Crippen LogP contribution in [-0.4, -0.2) is 28.4 Å². The van der Waals surface area contributed by atoms with Gasteiger partial charge in [-0.25, -0.2) is 14.2 Å². The normalized spacial score (nSPS) is 10.9. The number of ether oxygens (including phenoxy) is 2. The van der Waals surface area contributed by atoms with Gasteiger partial charge in [0.25, 0.3) is 5.91 Å². The van der Waals surface area contributed by atoms with Crippen molar-refractivity contribution in [3.63, 3.8) is 0 Å². The van der Waals surface area contributed by atoms with Crippen LogP contribution < -0.4 is 15.8 Å². The number of Topliss-reactive ketones (excluding diaryl/α,β-unsaturated/α-hetero) is 1. The first-order chi connectivity index (χ1) is 12.9. The number of amides is 2. The van der Waals surface area contributed by atoms with Gasteiger partial charge in [0, 0.05) is 30.8 Å². The van der Waals surface area contributed by atoms with Crippen LogP contribution in [0.3, 0.4) is 0 Å². The number of anilines is 1. The van der Waals surface area contributed by atoms with Crippen molar-refractivity contribution in [1.82, 2.24) is 4.98 Å². The third-order valence-corrected chi connectivity index (χ3v) is 3.22. The van der Waals surface area contributed by atoms with Gasteiger partial charge in [-0.3, -0.25) is 14.9 Å². The predicted octanol–water partition coefficient (Wildman–Crippen LogP) is 3.66. The molecule has 2 aromatic rings. The van der Waals surface area contributed by atoms with E-state index in [4.69, 9.17) is 15.2 Å². The molecule has 0 spiro atoms. The van der Waals surface area contributed by atoms with Crippen LogP contribution in [0, 0.1) is 5.82 Å². The van der Waals surface area contributed by atoms with Crippen LogP contribution in [0.15, 0.2) is 30.3 Å². The number of nitrogens with one attached hydrogen (secondary N) is 1. The van der Waals surface area contributed by atoms with E-state index in [0.29, 0.717) is 0 Å². The van der Waals surface area contributed by atoms with Gasteiger partial charge in [-0.15, -0.1) is 0 Å². The highest BCUT2D eigenvalue weighted by molar-refractivity contribution is 5.96. The third-order valence-electron chi connectivity index (χ3n) is 3.22.